The van der Waals surface area contributed by atoms with Crippen molar-refractivity contribution in [3.05, 3.63) is 65.5 Å². The van der Waals surface area contributed by atoms with E-state index in [9.17, 15) is 4.79 Å². The largest absolute Gasteiger partial charge is 0.355 e. The Morgan fingerprint density at radius 2 is 1.71 bits per heavy atom. The van der Waals surface area contributed by atoms with E-state index in [4.69, 9.17) is 0 Å². The van der Waals surface area contributed by atoms with Crippen LogP contribution in [0.3, 0.4) is 0 Å². The van der Waals surface area contributed by atoms with Gasteiger partial charge in [0, 0.05) is 18.9 Å². The van der Waals surface area contributed by atoms with Crippen LogP contribution in [-0.2, 0) is 16.6 Å². The van der Waals surface area contributed by atoms with Crippen molar-refractivity contribution in [2.75, 3.05) is 6.54 Å². The average Bonchev–Trinajstić information content (AvgIpc) is 2.48. The van der Waals surface area contributed by atoms with Crippen LogP contribution in [0.4, 0.5) is 0 Å². The first-order valence-corrected chi connectivity index (χ1v) is 7.24. The van der Waals surface area contributed by atoms with Crippen molar-refractivity contribution in [2.45, 2.75) is 32.6 Å². The minimum absolute atomic E-state index is 0.0559. The number of carbonyl (C=O) groups is 1. The van der Waals surface area contributed by atoms with Gasteiger partial charge in [0.2, 0.25) is 5.91 Å². The molecule has 21 heavy (non-hydrogen) atoms. The maximum absolute atomic E-state index is 12.4. The number of carbonyl (C=O) groups excluding carboxylic acids is 1. The molecule has 1 N–H and O–H groups in total. The van der Waals surface area contributed by atoms with Crippen LogP contribution < -0.4 is 5.32 Å². The molecule has 0 unspecified atom stereocenters. The lowest BCUT2D eigenvalue weighted by Crippen LogP contribution is -2.40. The van der Waals surface area contributed by atoms with Gasteiger partial charge >= 0.3 is 0 Å². The Bertz CT molecular complexity index is 588. The van der Waals surface area contributed by atoms with Gasteiger partial charge in [-0.3, -0.25) is 9.78 Å². The molecular weight excluding hydrogens is 260 g/mol. The van der Waals surface area contributed by atoms with Crippen molar-refractivity contribution in [3.63, 3.8) is 0 Å². The average molecular weight is 282 g/mol. The summed E-state index contributed by atoms with van der Waals surface area (Å²) in [6.07, 6.45) is 4.36. The molecule has 1 amide bonds. The second-order valence-corrected chi connectivity index (χ2v) is 5.85. The quantitative estimate of drug-likeness (QED) is 0.916. The summed E-state index contributed by atoms with van der Waals surface area (Å²) in [7, 11) is 0. The number of amides is 1. The Kier molecular flexibility index (Phi) is 4.73. The van der Waals surface area contributed by atoms with Crippen molar-refractivity contribution in [1.82, 2.24) is 10.3 Å². The van der Waals surface area contributed by atoms with E-state index in [1.807, 2.05) is 57.2 Å². The number of pyridine rings is 1. The number of hydrogen-bond donors (Lipinski definition) is 1. The van der Waals surface area contributed by atoms with Gasteiger partial charge in [0.25, 0.3) is 0 Å². The van der Waals surface area contributed by atoms with Crippen molar-refractivity contribution in [2.24, 2.45) is 0 Å². The van der Waals surface area contributed by atoms with Crippen molar-refractivity contribution in [1.29, 1.82) is 0 Å². The predicted octanol–water partition coefficient (Wildman–Crippen LogP) is 3.03. The molecule has 2 rings (SSSR count). The van der Waals surface area contributed by atoms with Crippen LogP contribution in [0.15, 0.2) is 48.8 Å². The number of rotatable bonds is 5. The van der Waals surface area contributed by atoms with Gasteiger partial charge in [0.1, 0.15) is 0 Å². The van der Waals surface area contributed by atoms with E-state index >= 15 is 0 Å². The Morgan fingerprint density at radius 3 is 2.33 bits per heavy atom. The molecule has 0 aliphatic carbocycles. The molecule has 1 aromatic carbocycles. The fraction of sp³-hybridized carbons (Fsp3) is 0.333. The molecule has 0 atom stereocenters. The van der Waals surface area contributed by atoms with Gasteiger partial charge in [-0.2, -0.15) is 0 Å². The van der Waals surface area contributed by atoms with E-state index in [1.54, 1.807) is 12.4 Å². The number of benzene rings is 1. The molecule has 0 aliphatic heterocycles. The summed E-state index contributed by atoms with van der Waals surface area (Å²) >= 11 is 0. The van der Waals surface area contributed by atoms with E-state index in [1.165, 1.54) is 11.1 Å². The molecule has 0 aliphatic rings. The summed E-state index contributed by atoms with van der Waals surface area (Å²) in [5, 5.41) is 3.03. The topological polar surface area (TPSA) is 42.0 Å². The highest BCUT2D eigenvalue weighted by Crippen LogP contribution is 2.23. The summed E-state index contributed by atoms with van der Waals surface area (Å²) in [5.74, 6) is 0.0559. The fourth-order valence-corrected chi connectivity index (χ4v) is 2.19. The van der Waals surface area contributed by atoms with Gasteiger partial charge in [-0.05, 0) is 50.5 Å². The summed E-state index contributed by atoms with van der Waals surface area (Å²) in [6, 6.07) is 12.1. The molecular formula is C18H22N2O. The first-order valence-electron chi connectivity index (χ1n) is 7.24. The molecule has 3 nitrogen and oxygen atoms in total. The molecule has 0 saturated heterocycles. The van der Waals surface area contributed by atoms with Crippen LogP contribution in [0.1, 0.15) is 30.5 Å². The molecule has 1 aromatic heterocycles. The Labute approximate surface area is 126 Å². The molecule has 3 heteroatoms. The molecule has 0 radical (unpaired) electrons. The van der Waals surface area contributed by atoms with Crippen LogP contribution in [0.2, 0.25) is 0 Å². The highest BCUT2D eigenvalue weighted by atomic mass is 16.2. The summed E-state index contributed by atoms with van der Waals surface area (Å²) < 4.78 is 0. The number of aryl methyl sites for hydroxylation is 1. The number of hydrogen-bond acceptors (Lipinski definition) is 2. The monoisotopic (exact) mass is 282 g/mol. The third-order valence-corrected chi connectivity index (χ3v) is 3.79. The Morgan fingerprint density at radius 1 is 1.10 bits per heavy atom. The van der Waals surface area contributed by atoms with Crippen LogP contribution in [0.5, 0.6) is 0 Å². The van der Waals surface area contributed by atoms with E-state index in [2.05, 4.69) is 10.3 Å². The first kappa shape index (κ1) is 15.2. The third kappa shape index (κ3) is 3.91. The van der Waals surface area contributed by atoms with E-state index < -0.39 is 5.41 Å². The standard InChI is InChI=1S/C18H22N2O/c1-14-4-6-16(7-5-14)18(2,3)17(21)20-13-10-15-8-11-19-12-9-15/h4-9,11-12H,10,13H2,1-3H3,(H,20,21). The first-order chi connectivity index (χ1) is 10.00. The maximum atomic E-state index is 12.4. The fourth-order valence-electron chi connectivity index (χ4n) is 2.19. The zero-order valence-electron chi connectivity index (χ0n) is 12.9. The van der Waals surface area contributed by atoms with Gasteiger partial charge in [0.05, 0.1) is 5.41 Å². The van der Waals surface area contributed by atoms with Gasteiger partial charge < -0.3 is 5.32 Å². The minimum Gasteiger partial charge on any atom is -0.355 e. The van der Waals surface area contributed by atoms with E-state index in [0.717, 1.165) is 12.0 Å². The Hall–Kier alpha value is -2.16. The second kappa shape index (κ2) is 6.53. The number of nitrogens with zero attached hydrogens (tertiary/aromatic N) is 1. The lowest BCUT2D eigenvalue weighted by molar-refractivity contribution is -0.125. The van der Waals surface area contributed by atoms with Crippen molar-refractivity contribution >= 4 is 5.91 Å². The number of aromatic nitrogens is 1. The summed E-state index contributed by atoms with van der Waals surface area (Å²) in [6.45, 7) is 6.60. The SMILES string of the molecule is Cc1ccc(C(C)(C)C(=O)NCCc2ccncc2)cc1. The predicted molar refractivity (Wildman–Crippen MR) is 85.2 cm³/mol. The van der Waals surface area contributed by atoms with Gasteiger partial charge in [-0.1, -0.05) is 29.8 Å². The third-order valence-electron chi connectivity index (χ3n) is 3.79. The molecule has 0 fully saturated rings. The van der Waals surface area contributed by atoms with E-state index in [-0.39, 0.29) is 5.91 Å². The molecule has 0 saturated carbocycles. The summed E-state index contributed by atoms with van der Waals surface area (Å²) in [4.78, 5) is 16.4. The summed E-state index contributed by atoms with van der Waals surface area (Å²) in [5.41, 5.74) is 2.90. The zero-order chi connectivity index (χ0) is 15.3. The molecule has 110 valence electrons. The maximum Gasteiger partial charge on any atom is 0.230 e. The normalized spacial score (nSPS) is 11.2. The zero-order valence-corrected chi connectivity index (χ0v) is 12.9. The molecule has 0 bridgehead atoms. The lowest BCUT2D eigenvalue weighted by Gasteiger charge is -2.24. The van der Waals surface area contributed by atoms with E-state index in [0.29, 0.717) is 6.54 Å². The number of nitrogens with one attached hydrogen (secondary N) is 1. The van der Waals surface area contributed by atoms with Gasteiger partial charge in [-0.15, -0.1) is 0 Å². The molecule has 1 heterocycles. The van der Waals surface area contributed by atoms with Crippen LogP contribution in [0, 0.1) is 6.92 Å². The minimum atomic E-state index is -0.522. The van der Waals surface area contributed by atoms with Crippen molar-refractivity contribution < 1.29 is 4.79 Å². The lowest BCUT2D eigenvalue weighted by atomic mass is 9.83. The highest BCUT2D eigenvalue weighted by molar-refractivity contribution is 5.87. The van der Waals surface area contributed by atoms with Crippen LogP contribution in [-0.4, -0.2) is 17.4 Å². The Balaban J connectivity index is 1.94. The van der Waals surface area contributed by atoms with Crippen LogP contribution >= 0.6 is 0 Å². The smallest absolute Gasteiger partial charge is 0.230 e. The van der Waals surface area contributed by atoms with Crippen molar-refractivity contribution in [3.8, 4) is 0 Å². The highest BCUT2D eigenvalue weighted by Gasteiger charge is 2.29. The second-order valence-electron chi connectivity index (χ2n) is 5.85. The van der Waals surface area contributed by atoms with Gasteiger partial charge in [-0.25, -0.2) is 0 Å². The van der Waals surface area contributed by atoms with Gasteiger partial charge in [0.15, 0.2) is 0 Å². The van der Waals surface area contributed by atoms with Crippen LogP contribution in [0.25, 0.3) is 0 Å². The molecule has 0 spiro atoms. The molecule has 2 aromatic rings.